The van der Waals surface area contributed by atoms with Gasteiger partial charge in [-0.15, -0.1) is 0 Å². The van der Waals surface area contributed by atoms with Gasteiger partial charge in [-0.05, 0) is 39.3 Å². The Labute approximate surface area is 119 Å². The lowest BCUT2D eigenvalue weighted by atomic mass is 10.5. The minimum absolute atomic E-state index is 0.451. The molecule has 0 aromatic rings. The molecule has 4 nitrogen and oxygen atoms in total. The molecule has 0 fully saturated rings. The highest BCUT2D eigenvalue weighted by molar-refractivity contribution is 6.70. The summed E-state index contributed by atoms with van der Waals surface area (Å²) in [5, 5.41) is 0. The van der Waals surface area contributed by atoms with Crippen molar-refractivity contribution in [3.05, 3.63) is 24.4 Å². The van der Waals surface area contributed by atoms with E-state index < -0.39 is 16.6 Å². The van der Waals surface area contributed by atoms with Gasteiger partial charge < -0.3 is 18.3 Å². The summed E-state index contributed by atoms with van der Waals surface area (Å²) in [7, 11) is -1.74. The number of allylic oxidation sites excluding steroid dienone is 1. The molecule has 0 bridgehead atoms. The Morgan fingerprint density at radius 2 is 1.47 bits per heavy atom. The van der Waals surface area contributed by atoms with E-state index in [-0.39, 0.29) is 0 Å². The van der Waals surface area contributed by atoms with Gasteiger partial charge in [0, 0.05) is 7.11 Å². The number of ether oxygens (including phenoxy) is 2. The second-order valence-electron chi connectivity index (χ2n) is 6.20. The first-order valence-corrected chi connectivity index (χ1v) is 13.3. The molecule has 0 aromatic heterocycles. The molecular formula is C13H28O4Si2. The largest absolute Gasteiger partial charge is 0.545 e. The quantitative estimate of drug-likeness (QED) is 0.282. The van der Waals surface area contributed by atoms with Gasteiger partial charge in [-0.25, -0.2) is 0 Å². The Kier molecular flexibility index (Phi) is 7.47. The van der Waals surface area contributed by atoms with Crippen LogP contribution in [-0.4, -0.2) is 37.0 Å². The van der Waals surface area contributed by atoms with Crippen LogP contribution < -0.4 is 0 Å². The van der Waals surface area contributed by atoms with E-state index in [4.69, 9.17) is 18.3 Å². The molecule has 0 aromatic carbocycles. The van der Waals surface area contributed by atoms with Crippen LogP contribution in [0.1, 0.15) is 0 Å². The van der Waals surface area contributed by atoms with Crippen molar-refractivity contribution in [2.45, 2.75) is 39.3 Å². The van der Waals surface area contributed by atoms with E-state index >= 15 is 0 Å². The molecule has 0 heterocycles. The smallest absolute Gasteiger partial charge is 0.269 e. The zero-order valence-electron chi connectivity index (χ0n) is 13.3. The minimum Gasteiger partial charge on any atom is -0.545 e. The maximum Gasteiger partial charge on any atom is 0.269 e. The fraction of sp³-hybridized carbons (Fsp3) is 0.692. The molecule has 0 atom stereocenters. The van der Waals surface area contributed by atoms with E-state index in [0.717, 1.165) is 0 Å². The van der Waals surface area contributed by atoms with Crippen LogP contribution >= 0.6 is 0 Å². The van der Waals surface area contributed by atoms with Crippen LogP contribution in [0, 0.1) is 0 Å². The van der Waals surface area contributed by atoms with Crippen molar-refractivity contribution in [1.29, 1.82) is 0 Å². The highest BCUT2D eigenvalue weighted by Gasteiger charge is 2.20. The monoisotopic (exact) mass is 304 g/mol. The molecule has 0 spiro atoms. The maximum atomic E-state index is 5.87. The molecule has 0 N–H and O–H groups in total. The molecular weight excluding hydrogens is 276 g/mol. The fourth-order valence-corrected chi connectivity index (χ4v) is 2.75. The zero-order valence-corrected chi connectivity index (χ0v) is 15.3. The normalized spacial score (nSPS) is 13.1. The molecule has 0 aliphatic carbocycles. The first-order chi connectivity index (χ1) is 8.53. The van der Waals surface area contributed by atoms with E-state index in [0.29, 0.717) is 24.9 Å². The second-order valence-corrected chi connectivity index (χ2v) is 15.1. The van der Waals surface area contributed by atoms with Gasteiger partial charge in [-0.2, -0.15) is 0 Å². The van der Waals surface area contributed by atoms with Gasteiger partial charge >= 0.3 is 0 Å². The summed E-state index contributed by atoms with van der Waals surface area (Å²) in [4.78, 5) is 0. The molecule has 19 heavy (non-hydrogen) atoms. The van der Waals surface area contributed by atoms with Crippen LogP contribution in [0.3, 0.4) is 0 Å². The molecule has 6 heteroatoms. The number of hydrogen-bond donors (Lipinski definition) is 0. The average Bonchev–Trinajstić information content (AvgIpc) is 2.11. The molecule has 0 saturated carbocycles. The molecule has 0 aliphatic heterocycles. The van der Waals surface area contributed by atoms with Gasteiger partial charge in [0.05, 0.1) is 12.7 Å². The molecule has 0 radical (unpaired) electrons. The lowest BCUT2D eigenvalue weighted by molar-refractivity contribution is 0.0572. The van der Waals surface area contributed by atoms with E-state index in [1.165, 1.54) is 0 Å². The SMILES string of the molecule is C=C(/C=C(/OCCOC)O[Si](C)(C)C)O[Si](C)(C)C. The van der Waals surface area contributed by atoms with Crippen molar-refractivity contribution in [2.75, 3.05) is 20.3 Å². The Morgan fingerprint density at radius 1 is 0.947 bits per heavy atom. The van der Waals surface area contributed by atoms with Crippen molar-refractivity contribution in [3.8, 4) is 0 Å². The summed E-state index contributed by atoms with van der Waals surface area (Å²) in [5.41, 5.74) is 0. The Bertz CT molecular complexity index is 314. The maximum absolute atomic E-state index is 5.87. The summed E-state index contributed by atoms with van der Waals surface area (Å²) in [5.74, 6) is 1.06. The highest BCUT2D eigenvalue weighted by atomic mass is 28.4. The lowest BCUT2D eigenvalue weighted by Gasteiger charge is -2.23. The highest BCUT2D eigenvalue weighted by Crippen LogP contribution is 2.16. The molecule has 0 unspecified atom stereocenters. The van der Waals surface area contributed by atoms with Gasteiger partial charge in [0.25, 0.3) is 5.95 Å². The van der Waals surface area contributed by atoms with Crippen LogP contribution in [-0.2, 0) is 18.3 Å². The average molecular weight is 305 g/mol. The van der Waals surface area contributed by atoms with Crippen LogP contribution in [0.4, 0.5) is 0 Å². The zero-order chi connectivity index (χ0) is 15.1. The van der Waals surface area contributed by atoms with Crippen molar-refractivity contribution >= 4 is 16.6 Å². The van der Waals surface area contributed by atoms with E-state index in [1.54, 1.807) is 13.2 Å². The summed E-state index contributed by atoms with van der Waals surface area (Å²) < 4.78 is 22.2. The van der Waals surface area contributed by atoms with Crippen LogP contribution in [0.15, 0.2) is 24.4 Å². The van der Waals surface area contributed by atoms with Crippen LogP contribution in [0.2, 0.25) is 39.3 Å². The van der Waals surface area contributed by atoms with Gasteiger partial charge in [0.2, 0.25) is 16.6 Å². The summed E-state index contributed by atoms with van der Waals surface area (Å²) in [6.45, 7) is 17.5. The number of rotatable bonds is 9. The van der Waals surface area contributed by atoms with Crippen molar-refractivity contribution < 1.29 is 18.3 Å². The summed E-state index contributed by atoms with van der Waals surface area (Å²) in [6.07, 6.45) is 1.73. The third kappa shape index (κ3) is 12.1. The van der Waals surface area contributed by atoms with Gasteiger partial charge in [-0.3, -0.25) is 0 Å². The molecule has 112 valence electrons. The molecule has 0 amide bonds. The molecule has 0 rings (SSSR count). The van der Waals surface area contributed by atoms with Crippen molar-refractivity contribution in [2.24, 2.45) is 0 Å². The first-order valence-electron chi connectivity index (χ1n) is 6.44. The van der Waals surface area contributed by atoms with Crippen LogP contribution in [0.25, 0.3) is 0 Å². The Hall–Kier alpha value is -0.726. The van der Waals surface area contributed by atoms with Crippen molar-refractivity contribution in [1.82, 2.24) is 0 Å². The van der Waals surface area contributed by atoms with E-state index in [9.17, 15) is 0 Å². The topological polar surface area (TPSA) is 36.9 Å². The van der Waals surface area contributed by atoms with Gasteiger partial charge in [0.1, 0.15) is 12.4 Å². The third-order valence-electron chi connectivity index (χ3n) is 1.65. The second kappa shape index (κ2) is 7.76. The number of methoxy groups -OCH3 is 1. The van der Waals surface area contributed by atoms with E-state index in [2.05, 4.69) is 45.9 Å². The van der Waals surface area contributed by atoms with Gasteiger partial charge in [-0.1, -0.05) is 6.58 Å². The summed E-state index contributed by atoms with van der Waals surface area (Å²) >= 11 is 0. The van der Waals surface area contributed by atoms with Crippen molar-refractivity contribution in [3.63, 3.8) is 0 Å². The Balaban J connectivity index is 4.66. The first kappa shape index (κ1) is 18.3. The molecule has 0 aliphatic rings. The lowest BCUT2D eigenvalue weighted by Crippen LogP contribution is -2.27. The fourth-order valence-electron chi connectivity index (χ4n) is 1.18. The Morgan fingerprint density at radius 3 is 1.89 bits per heavy atom. The predicted molar refractivity (Wildman–Crippen MR) is 83.9 cm³/mol. The predicted octanol–water partition coefficient (Wildman–Crippen LogP) is 3.71. The summed E-state index contributed by atoms with van der Waals surface area (Å²) in [6, 6.07) is 0. The number of hydrogen-bond acceptors (Lipinski definition) is 4. The standard InChI is InChI=1S/C13H28O4Si2/c1-12(16-18(3,4)5)11-13(15-10-9-14-2)17-19(6,7)8/h11H,1,9-10H2,2-8H3/b13-11-. The van der Waals surface area contributed by atoms with E-state index in [1.807, 2.05) is 0 Å². The van der Waals surface area contributed by atoms with Crippen LogP contribution in [0.5, 0.6) is 0 Å². The third-order valence-corrected chi connectivity index (χ3v) is 3.34. The van der Waals surface area contributed by atoms with Gasteiger partial charge in [0.15, 0.2) is 0 Å². The minimum atomic E-state index is -1.73. The molecule has 0 saturated heterocycles.